The number of rotatable bonds is 2. The van der Waals surface area contributed by atoms with Crippen molar-refractivity contribution in [3.63, 3.8) is 0 Å². The number of anilines is 1. The molecule has 0 radical (unpaired) electrons. The maximum atomic E-state index is 6.18. The molecule has 0 atom stereocenters. The summed E-state index contributed by atoms with van der Waals surface area (Å²) in [5.74, 6) is 0.122. The Labute approximate surface area is 143 Å². The summed E-state index contributed by atoms with van der Waals surface area (Å²) in [4.78, 5) is 8.58. The van der Waals surface area contributed by atoms with Crippen molar-refractivity contribution in [2.75, 3.05) is 5.73 Å². The molecule has 3 heterocycles. The summed E-state index contributed by atoms with van der Waals surface area (Å²) in [5.41, 5.74) is 9.84. The third-order valence-corrected chi connectivity index (χ3v) is 4.08. The average molecular weight is 337 g/mol. The largest absolute Gasteiger partial charge is 0.366 e. The van der Waals surface area contributed by atoms with Gasteiger partial charge in [0.15, 0.2) is 0 Å². The molecular weight excluding hydrogens is 324 g/mol. The molecule has 1 aromatic carbocycles. The van der Waals surface area contributed by atoms with Crippen molar-refractivity contribution in [1.29, 1.82) is 0 Å². The number of nitrogens with two attached hydrogens (primary N) is 1. The van der Waals surface area contributed by atoms with Crippen LogP contribution in [0, 0.1) is 0 Å². The molecule has 0 amide bonds. The summed E-state index contributed by atoms with van der Waals surface area (Å²) in [6, 6.07) is 9.51. The number of benzene rings is 1. The molecule has 0 bridgehead atoms. The van der Waals surface area contributed by atoms with Crippen molar-refractivity contribution >= 4 is 28.5 Å². The molecule has 24 heavy (non-hydrogen) atoms. The van der Waals surface area contributed by atoms with Crippen molar-refractivity contribution < 1.29 is 0 Å². The first kappa shape index (κ1) is 14.6. The van der Waals surface area contributed by atoms with Crippen LogP contribution in [-0.4, -0.2) is 24.7 Å². The zero-order chi connectivity index (χ0) is 16.7. The second kappa shape index (κ2) is 5.58. The third-order valence-electron chi connectivity index (χ3n) is 3.84. The van der Waals surface area contributed by atoms with Gasteiger partial charge < -0.3 is 10.3 Å². The number of aryl methyl sites for hydroxylation is 1. The lowest BCUT2D eigenvalue weighted by molar-refractivity contribution is 0.965. The Morgan fingerprint density at radius 2 is 2.00 bits per heavy atom. The van der Waals surface area contributed by atoms with E-state index >= 15 is 0 Å². The van der Waals surface area contributed by atoms with Gasteiger partial charge in [-0.1, -0.05) is 11.6 Å². The highest BCUT2D eigenvalue weighted by molar-refractivity contribution is 6.31. The molecule has 0 aliphatic carbocycles. The van der Waals surface area contributed by atoms with Gasteiger partial charge in [0.2, 0.25) is 5.95 Å². The summed E-state index contributed by atoms with van der Waals surface area (Å²) < 4.78 is 2.02. The van der Waals surface area contributed by atoms with Crippen LogP contribution in [0.15, 0.2) is 48.9 Å². The number of aromatic nitrogens is 5. The quantitative estimate of drug-likeness (QED) is 0.607. The lowest BCUT2D eigenvalue weighted by Gasteiger charge is -2.07. The van der Waals surface area contributed by atoms with Crippen LogP contribution in [0.2, 0.25) is 5.02 Å². The normalized spacial score (nSPS) is 11.1. The summed E-state index contributed by atoms with van der Waals surface area (Å²) in [6.45, 7) is 0. The lowest BCUT2D eigenvalue weighted by Crippen LogP contribution is -2.02. The average Bonchev–Trinajstić information content (AvgIpc) is 2.91. The molecular formula is C17H13ClN6. The standard InChI is InChI=1S/C17H13ClN6/c1-24-9-13(12-7-11(18)4-5-14(12)24)16-15(22-23-17(19)21-16)10-3-2-6-20-8-10/h2-9H,1H3,(H2,19,21,23). The van der Waals surface area contributed by atoms with Crippen LogP contribution < -0.4 is 5.73 Å². The Bertz CT molecular complexity index is 1040. The van der Waals surface area contributed by atoms with Gasteiger partial charge in [-0.05, 0) is 30.3 Å². The minimum atomic E-state index is 0.122. The van der Waals surface area contributed by atoms with Gasteiger partial charge >= 0.3 is 0 Å². The number of nitrogen functional groups attached to an aromatic ring is 1. The second-order valence-electron chi connectivity index (χ2n) is 5.42. The van der Waals surface area contributed by atoms with Crippen molar-refractivity contribution in [1.82, 2.24) is 24.7 Å². The maximum absolute atomic E-state index is 6.18. The van der Waals surface area contributed by atoms with E-state index in [4.69, 9.17) is 17.3 Å². The maximum Gasteiger partial charge on any atom is 0.240 e. The van der Waals surface area contributed by atoms with Crippen LogP contribution in [0.25, 0.3) is 33.4 Å². The first-order chi connectivity index (χ1) is 11.6. The number of hydrogen-bond donors (Lipinski definition) is 1. The van der Waals surface area contributed by atoms with Crippen molar-refractivity contribution in [2.24, 2.45) is 7.05 Å². The van der Waals surface area contributed by atoms with Gasteiger partial charge in [-0.25, -0.2) is 4.98 Å². The van der Waals surface area contributed by atoms with Crippen LogP contribution in [0.4, 0.5) is 5.95 Å². The molecule has 0 aliphatic heterocycles. The summed E-state index contributed by atoms with van der Waals surface area (Å²) in [6.07, 6.45) is 5.42. The van der Waals surface area contributed by atoms with E-state index in [-0.39, 0.29) is 5.95 Å². The van der Waals surface area contributed by atoms with Crippen molar-refractivity contribution in [3.05, 3.63) is 53.9 Å². The molecule has 3 aromatic heterocycles. The summed E-state index contributed by atoms with van der Waals surface area (Å²) >= 11 is 6.18. The first-order valence-electron chi connectivity index (χ1n) is 7.29. The number of nitrogens with zero attached hydrogens (tertiary/aromatic N) is 5. The highest BCUT2D eigenvalue weighted by Gasteiger charge is 2.17. The summed E-state index contributed by atoms with van der Waals surface area (Å²) in [5, 5.41) is 9.79. The number of halogens is 1. The van der Waals surface area contributed by atoms with E-state index in [9.17, 15) is 0 Å². The fourth-order valence-corrected chi connectivity index (χ4v) is 2.95. The number of hydrogen-bond acceptors (Lipinski definition) is 5. The first-order valence-corrected chi connectivity index (χ1v) is 7.67. The minimum absolute atomic E-state index is 0.122. The van der Waals surface area contributed by atoms with Crippen LogP contribution >= 0.6 is 11.6 Å². The van der Waals surface area contributed by atoms with E-state index in [2.05, 4.69) is 20.2 Å². The van der Waals surface area contributed by atoms with E-state index in [1.165, 1.54) is 0 Å². The van der Waals surface area contributed by atoms with Gasteiger partial charge in [0, 0.05) is 52.7 Å². The van der Waals surface area contributed by atoms with E-state index in [0.29, 0.717) is 16.4 Å². The van der Waals surface area contributed by atoms with Crippen molar-refractivity contribution in [2.45, 2.75) is 0 Å². The van der Waals surface area contributed by atoms with Crippen LogP contribution in [0.1, 0.15) is 0 Å². The van der Waals surface area contributed by atoms with Crippen LogP contribution in [-0.2, 0) is 7.05 Å². The Hall–Kier alpha value is -2.99. The zero-order valence-corrected chi connectivity index (χ0v) is 13.6. The Morgan fingerprint density at radius 1 is 1.12 bits per heavy atom. The molecule has 7 heteroatoms. The molecule has 0 saturated heterocycles. The summed E-state index contributed by atoms with van der Waals surface area (Å²) in [7, 11) is 1.97. The number of pyridine rings is 1. The van der Waals surface area contributed by atoms with Crippen LogP contribution in [0.3, 0.4) is 0 Å². The Balaban J connectivity index is 2.04. The highest BCUT2D eigenvalue weighted by atomic mass is 35.5. The molecule has 0 fully saturated rings. The smallest absolute Gasteiger partial charge is 0.240 e. The van der Waals surface area contributed by atoms with E-state index in [1.54, 1.807) is 12.4 Å². The van der Waals surface area contributed by atoms with E-state index in [1.807, 2.05) is 48.1 Å². The molecule has 6 nitrogen and oxygen atoms in total. The molecule has 0 aliphatic rings. The van der Waals surface area contributed by atoms with Crippen molar-refractivity contribution in [3.8, 4) is 22.5 Å². The van der Waals surface area contributed by atoms with E-state index in [0.717, 1.165) is 22.0 Å². The monoisotopic (exact) mass is 336 g/mol. The highest BCUT2D eigenvalue weighted by Crippen LogP contribution is 2.35. The predicted molar refractivity (Wildman–Crippen MR) is 94.4 cm³/mol. The van der Waals surface area contributed by atoms with Gasteiger partial charge in [-0.2, -0.15) is 0 Å². The third kappa shape index (κ3) is 2.37. The molecule has 0 spiro atoms. The fourth-order valence-electron chi connectivity index (χ4n) is 2.78. The van der Waals surface area contributed by atoms with E-state index < -0.39 is 0 Å². The second-order valence-corrected chi connectivity index (χ2v) is 5.86. The lowest BCUT2D eigenvalue weighted by atomic mass is 10.1. The molecule has 2 N–H and O–H groups in total. The molecule has 0 saturated carbocycles. The van der Waals surface area contributed by atoms with Crippen LogP contribution in [0.5, 0.6) is 0 Å². The van der Waals surface area contributed by atoms with Gasteiger partial charge in [0.25, 0.3) is 0 Å². The number of fused-ring (bicyclic) bond motifs is 1. The molecule has 4 rings (SSSR count). The molecule has 4 aromatic rings. The Kier molecular flexibility index (Phi) is 3.39. The van der Waals surface area contributed by atoms with Gasteiger partial charge in [0.05, 0.1) is 0 Å². The van der Waals surface area contributed by atoms with Gasteiger partial charge in [0.1, 0.15) is 11.4 Å². The molecule has 0 unspecified atom stereocenters. The minimum Gasteiger partial charge on any atom is -0.366 e. The topological polar surface area (TPSA) is 82.5 Å². The Morgan fingerprint density at radius 3 is 2.79 bits per heavy atom. The SMILES string of the molecule is Cn1cc(-c2nc(N)nnc2-c2cccnc2)c2cc(Cl)ccc21. The predicted octanol–water partition coefficient (Wildman–Crippen LogP) is 3.33. The fraction of sp³-hybridized carbons (Fsp3) is 0.0588. The van der Waals surface area contributed by atoms with Gasteiger partial charge in [-0.15, -0.1) is 10.2 Å². The van der Waals surface area contributed by atoms with Gasteiger partial charge in [-0.3, -0.25) is 4.98 Å². The zero-order valence-electron chi connectivity index (χ0n) is 12.8. The molecule has 118 valence electrons.